The number of H-pyrrole nitrogens is 1. The number of amides is 1. The molecule has 0 spiro atoms. The van der Waals surface area contributed by atoms with Crippen molar-refractivity contribution in [1.29, 1.82) is 0 Å². The number of carbonyl (C=O) groups is 1. The second-order valence-electron chi connectivity index (χ2n) is 8.58. The molecule has 162 valence electrons. The number of para-hydroxylation sites is 1. The van der Waals surface area contributed by atoms with Crippen molar-refractivity contribution in [1.82, 2.24) is 9.88 Å². The number of aromatic amines is 1. The highest BCUT2D eigenvalue weighted by Crippen LogP contribution is 2.36. The van der Waals surface area contributed by atoms with E-state index >= 15 is 0 Å². The van der Waals surface area contributed by atoms with E-state index in [1.165, 1.54) is 33.2 Å². The maximum absolute atomic E-state index is 13.5. The Bertz CT molecular complexity index is 1260. The van der Waals surface area contributed by atoms with Gasteiger partial charge < -0.3 is 9.88 Å². The summed E-state index contributed by atoms with van der Waals surface area (Å²) in [5, 5.41) is 1.90. The molecule has 0 saturated heterocycles. The molecule has 4 heteroatoms. The Morgan fingerprint density at radius 3 is 2.59 bits per heavy atom. The number of hydrogen-bond acceptors (Lipinski definition) is 1. The molecular formula is C28H27ClN2O. The summed E-state index contributed by atoms with van der Waals surface area (Å²) in [7, 11) is 0. The number of halogens is 1. The molecule has 1 amide bonds. The molecule has 0 radical (unpaired) electrons. The third-order valence-electron chi connectivity index (χ3n) is 6.72. The van der Waals surface area contributed by atoms with Gasteiger partial charge >= 0.3 is 0 Å². The Morgan fingerprint density at radius 1 is 1.03 bits per heavy atom. The number of carbonyl (C=O) groups excluding carboxylic acids is 1. The Morgan fingerprint density at radius 2 is 1.81 bits per heavy atom. The van der Waals surface area contributed by atoms with Gasteiger partial charge in [0.2, 0.25) is 5.91 Å². The molecule has 0 bridgehead atoms. The molecule has 1 aliphatic rings. The van der Waals surface area contributed by atoms with Gasteiger partial charge in [0, 0.05) is 47.6 Å². The van der Waals surface area contributed by atoms with Crippen molar-refractivity contribution in [3.8, 4) is 0 Å². The molecule has 5 rings (SSSR count). The lowest BCUT2D eigenvalue weighted by Crippen LogP contribution is -2.36. The van der Waals surface area contributed by atoms with Gasteiger partial charge in [-0.25, -0.2) is 0 Å². The van der Waals surface area contributed by atoms with Gasteiger partial charge in [0.15, 0.2) is 0 Å². The van der Waals surface area contributed by atoms with E-state index in [0.717, 1.165) is 24.9 Å². The molecule has 0 aliphatic carbocycles. The Kier molecular flexibility index (Phi) is 5.75. The van der Waals surface area contributed by atoms with E-state index in [4.69, 9.17) is 11.6 Å². The number of rotatable bonds is 5. The minimum Gasteiger partial charge on any atom is -0.361 e. The fraction of sp³-hybridized carbons (Fsp3) is 0.250. The third kappa shape index (κ3) is 3.93. The standard InChI is InChI=1S/C28H27ClN2O/c1-2-19-8-5-9-24-26(17-30-28(19)24)25(21-10-12-23(29)13-11-21)16-27(32)31-15-14-20-6-3-4-7-22(20)18-31/h3-13,17,25,30H,2,14-16,18H2,1H3. The van der Waals surface area contributed by atoms with Crippen LogP contribution in [0.5, 0.6) is 0 Å². The van der Waals surface area contributed by atoms with Crippen LogP contribution in [0.15, 0.2) is 72.9 Å². The summed E-state index contributed by atoms with van der Waals surface area (Å²) in [6, 6.07) is 22.8. The summed E-state index contributed by atoms with van der Waals surface area (Å²) >= 11 is 6.17. The Hall–Kier alpha value is -3.04. The number of aromatic nitrogens is 1. The van der Waals surface area contributed by atoms with Crippen molar-refractivity contribution in [3.63, 3.8) is 0 Å². The first-order valence-electron chi connectivity index (χ1n) is 11.3. The van der Waals surface area contributed by atoms with Crippen molar-refractivity contribution in [2.45, 2.75) is 38.6 Å². The maximum atomic E-state index is 13.5. The SMILES string of the molecule is CCc1cccc2c(C(CC(=O)N3CCc4ccccc4C3)c3ccc(Cl)cc3)c[nH]c12. The lowest BCUT2D eigenvalue weighted by molar-refractivity contribution is -0.132. The van der Waals surface area contributed by atoms with Crippen molar-refractivity contribution in [2.24, 2.45) is 0 Å². The maximum Gasteiger partial charge on any atom is 0.223 e. The highest BCUT2D eigenvalue weighted by Gasteiger charge is 2.26. The van der Waals surface area contributed by atoms with Crippen LogP contribution in [0.4, 0.5) is 0 Å². The highest BCUT2D eigenvalue weighted by atomic mass is 35.5. The van der Waals surface area contributed by atoms with E-state index in [1.54, 1.807) is 0 Å². The van der Waals surface area contributed by atoms with Crippen molar-refractivity contribution < 1.29 is 4.79 Å². The average molecular weight is 443 g/mol. The molecular weight excluding hydrogens is 416 g/mol. The lowest BCUT2D eigenvalue weighted by Gasteiger charge is -2.30. The van der Waals surface area contributed by atoms with Crippen LogP contribution >= 0.6 is 11.6 Å². The minimum absolute atomic E-state index is 0.0298. The fourth-order valence-corrected chi connectivity index (χ4v) is 5.06. The molecule has 1 aliphatic heterocycles. The van der Waals surface area contributed by atoms with Crippen molar-refractivity contribution >= 4 is 28.4 Å². The number of benzene rings is 3. The van der Waals surface area contributed by atoms with Crippen LogP contribution < -0.4 is 0 Å². The molecule has 3 nitrogen and oxygen atoms in total. The summed E-state index contributed by atoms with van der Waals surface area (Å²) in [6.07, 6.45) is 4.41. The number of fused-ring (bicyclic) bond motifs is 2. The van der Waals surface area contributed by atoms with E-state index in [1.807, 2.05) is 29.2 Å². The lowest BCUT2D eigenvalue weighted by atomic mass is 9.87. The monoisotopic (exact) mass is 442 g/mol. The summed E-state index contributed by atoms with van der Waals surface area (Å²) in [6.45, 7) is 3.64. The van der Waals surface area contributed by atoms with E-state index in [9.17, 15) is 4.79 Å². The third-order valence-corrected chi connectivity index (χ3v) is 6.98. The van der Waals surface area contributed by atoms with Gasteiger partial charge in [-0.05, 0) is 52.8 Å². The first-order chi connectivity index (χ1) is 15.6. The molecule has 2 heterocycles. The van der Waals surface area contributed by atoms with E-state index in [-0.39, 0.29) is 11.8 Å². The van der Waals surface area contributed by atoms with Crippen LogP contribution in [0.1, 0.15) is 47.1 Å². The molecule has 1 aromatic heterocycles. The van der Waals surface area contributed by atoms with Crippen LogP contribution in [-0.2, 0) is 24.2 Å². The largest absolute Gasteiger partial charge is 0.361 e. The second kappa shape index (κ2) is 8.84. The molecule has 32 heavy (non-hydrogen) atoms. The first-order valence-corrected chi connectivity index (χ1v) is 11.7. The van der Waals surface area contributed by atoms with E-state index < -0.39 is 0 Å². The summed E-state index contributed by atoms with van der Waals surface area (Å²) < 4.78 is 0. The van der Waals surface area contributed by atoms with Gasteiger partial charge in [0.25, 0.3) is 0 Å². The number of aryl methyl sites for hydroxylation is 1. The number of hydrogen-bond donors (Lipinski definition) is 1. The highest BCUT2D eigenvalue weighted by molar-refractivity contribution is 6.30. The zero-order chi connectivity index (χ0) is 22.1. The molecule has 0 fully saturated rings. The molecule has 1 unspecified atom stereocenters. The topological polar surface area (TPSA) is 36.1 Å². The van der Waals surface area contributed by atoms with E-state index in [0.29, 0.717) is 18.0 Å². The molecule has 1 N–H and O–H groups in total. The molecule has 0 saturated carbocycles. The second-order valence-corrected chi connectivity index (χ2v) is 9.02. The van der Waals surface area contributed by atoms with Gasteiger partial charge in [-0.1, -0.05) is 73.1 Å². The minimum atomic E-state index is -0.0298. The van der Waals surface area contributed by atoms with Crippen LogP contribution in [0.2, 0.25) is 5.02 Å². The van der Waals surface area contributed by atoms with Gasteiger partial charge in [-0.3, -0.25) is 4.79 Å². The smallest absolute Gasteiger partial charge is 0.223 e. The molecule has 3 aromatic carbocycles. The first kappa shape index (κ1) is 20.8. The van der Waals surface area contributed by atoms with Gasteiger partial charge in [0.05, 0.1) is 0 Å². The number of nitrogens with zero attached hydrogens (tertiary/aromatic N) is 1. The zero-order valence-electron chi connectivity index (χ0n) is 18.3. The van der Waals surface area contributed by atoms with Crippen LogP contribution in [0.25, 0.3) is 10.9 Å². The van der Waals surface area contributed by atoms with Gasteiger partial charge in [0.1, 0.15) is 0 Å². The van der Waals surface area contributed by atoms with Crippen LogP contribution in [0, 0.1) is 0 Å². The molecule has 1 atom stereocenters. The predicted octanol–water partition coefficient (Wildman–Crippen LogP) is 6.49. The fourth-order valence-electron chi connectivity index (χ4n) is 4.94. The van der Waals surface area contributed by atoms with Gasteiger partial charge in [-0.15, -0.1) is 0 Å². The number of nitrogens with one attached hydrogen (secondary N) is 1. The summed E-state index contributed by atoms with van der Waals surface area (Å²) in [5.74, 6) is 0.165. The van der Waals surface area contributed by atoms with Crippen molar-refractivity contribution in [2.75, 3.05) is 6.54 Å². The Balaban J connectivity index is 1.49. The summed E-state index contributed by atoms with van der Waals surface area (Å²) in [4.78, 5) is 19.0. The average Bonchev–Trinajstić information content (AvgIpc) is 3.27. The zero-order valence-corrected chi connectivity index (χ0v) is 19.0. The quantitative estimate of drug-likeness (QED) is 0.376. The van der Waals surface area contributed by atoms with E-state index in [2.05, 4.69) is 60.6 Å². The summed E-state index contributed by atoms with van der Waals surface area (Å²) in [5.41, 5.74) is 7.36. The molecule has 4 aromatic rings. The van der Waals surface area contributed by atoms with Gasteiger partial charge in [-0.2, -0.15) is 0 Å². The Labute approximate surface area is 194 Å². The normalized spacial score (nSPS) is 14.4. The van der Waals surface area contributed by atoms with Crippen LogP contribution in [0.3, 0.4) is 0 Å². The van der Waals surface area contributed by atoms with Crippen molar-refractivity contribution in [3.05, 3.63) is 106 Å². The predicted molar refractivity (Wildman–Crippen MR) is 131 cm³/mol. The van der Waals surface area contributed by atoms with Crippen LogP contribution in [-0.4, -0.2) is 22.3 Å².